The third kappa shape index (κ3) is 5.92. The number of ether oxygens (including phenoxy) is 1. The van der Waals surface area contributed by atoms with E-state index in [1.54, 1.807) is 18.3 Å². The summed E-state index contributed by atoms with van der Waals surface area (Å²) in [6.45, 7) is 4.46. The van der Waals surface area contributed by atoms with E-state index in [1.165, 1.54) is 5.56 Å². The van der Waals surface area contributed by atoms with Gasteiger partial charge in [-0.15, -0.1) is 0 Å². The summed E-state index contributed by atoms with van der Waals surface area (Å²) in [5, 5.41) is 4.41. The predicted molar refractivity (Wildman–Crippen MR) is 121 cm³/mol. The first-order valence-electron chi connectivity index (χ1n) is 9.00. The molecule has 148 valence electrons. The minimum atomic E-state index is -0.358. The molecule has 3 rings (SSSR count). The number of hydrogen-bond donors (Lipinski definition) is 1. The summed E-state index contributed by atoms with van der Waals surface area (Å²) in [6.07, 6.45) is 1.56. The van der Waals surface area contributed by atoms with Gasteiger partial charge in [-0.05, 0) is 76.8 Å². The van der Waals surface area contributed by atoms with Gasteiger partial charge in [-0.1, -0.05) is 47.5 Å². The van der Waals surface area contributed by atoms with Crippen LogP contribution in [0.5, 0.6) is 5.75 Å². The first-order valence-corrected chi connectivity index (χ1v) is 10.2. The van der Waals surface area contributed by atoms with Gasteiger partial charge in [0.05, 0.1) is 21.3 Å². The molecule has 29 heavy (non-hydrogen) atoms. The highest BCUT2D eigenvalue weighted by Crippen LogP contribution is 2.26. The molecule has 0 saturated heterocycles. The molecule has 0 aromatic heterocycles. The molecule has 0 unspecified atom stereocenters. The Labute approximate surface area is 183 Å². The largest absolute Gasteiger partial charge is 0.488 e. The van der Waals surface area contributed by atoms with E-state index in [1.807, 2.05) is 43.3 Å². The molecule has 6 heteroatoms. The molecule has 0 heterocycles. The molecule has 0 fully saturated rings. The number of hydrogen-bond acceptors (Lipinski definition) is 3. The molecule has 0 bridgehead atoms. The quantitative estimate of drug-likeness (QED) is 0.351. The Morgan fingerprint density at radius 2 is 1.79 bits per heavy atom. The second-order valence-corrected chi connectivity index (χ2v) is 7.91. The van der Waals surface area contributed by atoms with Crippen LogP contribution in [0, 0.1) is 13.8 Å². The smallest absolute Gasteiger partial charge is 0.272 e. The van der Waals surface area contributed by atoms with Gasteiger partial charge in [-0.3, -0.25) is 4.79 Å². The molecular formula is C23H20BrClN2O2. The van der Waals surface area contributed by atoms with Crippen LogP contribution in [0.3, 0.4) is 0 Å². The molecular weight excluding hydrogens is 452 g/mol. The summed E-state index contributed by atoms with van der Waals surface area (Å²) in [4.78, 5) is 12.2. The summed E-state index contributed by atoms with van der Waals surface area (Å²) < 4.78 is 6.67. The number of nitrogens with one attached hydrogen (secondary N) is 1. The van der Waals surface area contributed by atoms with Crippen molar-refractivity contribution in [3.63, 3.8) is 0 Å². The van der Waals surface area contributed by atoms with Gasteiger partial charge in [-0.2, -0.15) is 5.10 Å². The topological polar surface area (TPSA) is 50.7 Å². The fourth-order valence-corrected chi connectivity index (χ4v) is 3.42. The summed E-state index contributed by atoms with van der Waals surface area (Å²) in [5.41, 5.74) is 7.00. The molecule has 0 radical (unpaired) electrons. The van der Waals surface area contributed by atoms with E-state index in [9.17, 15) is 4.79 Å². The number of carbonyl (C=O) groups excluding carboxylic acids is 1. The molecule has 3 aromatic carbocycles. The normalized spacial score (nSPS) is 10.9. The zero-order valence-electron chi connectivity index (χ0n) is 16.1. The third-order valence-electron chi connectivity index (χ3n) is 4.22. The fraction of sp³-hybridized carbons (Fsp3) is 0.130. The van der Waals surface area contributed by atoms with Gasteiger partial charge in [0.25, 0.3) is 5.91 Å². The van der Waals surface area contributed by atoms with Crippen LogP contribution in [0.2, 0.25) is 5.02 Å². The highest BCUT2D eigenvalue weighted by atomic mass is 79.9. The van der Waals surface area contributed by atoms with E-state index in [0.717, 1.165) is 26.9 Å². The number of hydrazone groups is 1. The number of benzene rings is 3. The van der Waals surface area contributed by atoms with Crippen molar-refractivity contribution in [1.82, 2.24) is 5.43 Å². The molecule has 0 atom stereocenters. The molecule has 0 aliphatic carbocycles. The van der Waals surface area contributed by atoms with Crippen molar-refractivity contribution >= 4 is 39.7 Å². The minimum absolute atomic E-state index is 0.358. The molecule has 0 spiro atoms. The van der Waals surface area contributed by atoms with Crippen LogP contribution in [0.1, 0.15) is 32.6 Å². The molecule has 1 amide bonds. The SMILES string of the molecule is Cc1ccc(COc2ccc(/C=N\NC(=O)c3ccc(C)cc3Cl)cc2Br)cc1. The van der Waals surface area contributed by atoms with Gasteiger partial charge in [0.1, 0.15) is 12.4 Å². The molecule has 1 N–H and O–H groups in total. The maximum Gasteiger partial charge on any atom is 0.272 e. The Morgan fingerprint density at radius 1 is 1.07 bits per heavy atom. The number of aryl methyl sites for hydroxylation is 2. The zero-order valence-corrected chi connectivity index (χ0v) is 18.4. The minimum Gasteiger partial charge on any atom is -0.488 e. The van der Waals surface area contributed by atoms with E-state index in [2.05, 4.69) is 45.5 Å². The second kappa shape index (κ2) is 9.72. The average molecular weight is 472 g/mol. The second-order valence-electron chi connectivity index (χ2n) is 6.65. The summed E-state index contributed by atoms with van der Waals surface area (Å²) in [5.74, 6) is 0.376. The van der Waals surface area contributed by atoms with Gasteiger partial charge in [0.15, 0.2) is 0 Å². The fourth-order valence-electron chi connectivity index (χ4n) is 2.59. The summed E-state index contributed by atoms with van der Waals surface area (Å²) >= 11 is 9.62. The van der Waals surface area contributed by atoms with Gasteiger partial charge in [-0.25, -0.2) is 5.43 Å². The Morgan fingerprint density at radius 3 is 2.48 bits per heavy atom. The van der Waals surface area contributed by atoms with Crippen molar-refractivity contribution in [1.29, 1.82) is 0 Å². The molecule has 0 saturated carbocycles. The Balaban J connectivity index is 1.59. The lowest BCUT2D eigenvalue weighted by Crippen LogP contribution is -2.18. The van der Waals surface area contributed by atoms with Gasteiger partial charge >= 0.3 is 0 Å². The molecule has 3 aromatic rings. The van der Waals surface area contributed by atoms with Crippen LogP contribution in [0.25, 0.3) is 0 Å². The standard InChI is InChI=1S/C23H20BrClN2O2/c1-15-3-6-17(7-4-15)14-29-22-10-8-18(12-20(22)24)13-26-27-23(28)19-9-5-16(2)11-21(19)25/h3-13H,14H2,1-2H3,(H,27,28)/b26-13-. The monoisotopic (exact) mass is 470 g/mol. The van der Waals surface area contributed by atoms with E-state index in [0.29, 0.717) is 17.2 Å². The van der Waals surface area contributed by atoms with Crippen LogP contribution >= 0.6 is 27.5 Å². The van der Waals surface area contributed by atoms with Crippen molar-refractivity contribution in [2.24, 2.45) is 5.10 Å². The van der Waals surface area contributed by atoms with E-state index in [-0.39, 0.29) is 5.91 Å². The highest BCUT2D eigenvalue weighted by molar-refractivity contribution is 9.10. The van der Waals surface area contributed by atoms with Crippen molar-refractivity contribution < 1.29 is 9.53 Å². The molecule has 0 aliphatic rings. The van der Waals surface area contributed by atoms with Crippen LogP contribution < -0.4 is 10.2 Å². The van der Waals surface area contributed by atoms with Crippen LogP contribution in [0.15, 0.2) is 70.2 Å². The van der Waals surface area contributed by atoms with Gasteiger partial charge in [0.2, 0.25) is 0 Å². The average Bonchev–Trinajstić information content (AvgIpc) is 2.68. The van der Waals surface area contributed by atoms with E-state index < -0.39 is 0 Å². The lowest BCUT2D eigenvalue weighted by atomic mass is 10.1. The van der Waals surface area contributed by atoms with E-state index in [4.69, 9.17) is 16.3 Å². The Bertz CT molecular complexity index is 1050. The van der Waals surface area contributed by atoms with E-state index >= 15 is 0 Å². The highest BCUT2D eigenvalue weighted by Gasteiger charge is 2.09. The maximum absolute atomic E-state index is 12.2. The predicted octanol–water partition coefficient (Wildman–Crippen LogP) is 6.06. The van der Waals surface area contributed by atoms with Gasteiger partial charge < -0.3 is 4.74 Å². The summed E-state index contributed by atoms with van der Waals surface area (Å²) in [7, 11) is 0. The Kier molecular flexibility index (Phi) is 7.07. The van der Waals surface area contributed by atoms with Crippen molar-refractivity contribution in [3.05, 3.63) is 98.0 Å². The number of halogens is 2. The lowest BCUT2D eigenvalue weighted by molar-refractivity contribution is 0.0955. The number of nitrogens with zero attached hydrogens (tertiary/aromatic N) is 1. The van der Waals surface area contributed by atoms with Crippen molar-refractivity contribution in [2.75, 3.05) is 0 Å². The maximum atomic E-state index is 12.2. The number of rotatable bonds is 6. The lowest BCUT2D eigenvalue weighted by Gasteiger charge is -2.09. The third-order valence-corrected chi connectivity index (χ3v) is 5.15. The van der Waals surface area contributed by atoms with Crippen LogP contribution in [-0.2, 0) is 6.61 Å². The van der Waals surface area contributed by atoms with Crippen molar-refractivity contribution in [2.45, 2.75) is 20.5 Å². The van der Waals surface area contributed by atoms with Crippen LogP contribution in [0.4, 0.5) is 0 Å². The van der Waals surface area contributed by atoms with Gasteiger partial charge in [0, 0.05) is 0 Å². The molecule has 0 aliphatic heterocycles. The first-order chi connectivity index (χ1) is 13.9. The zero-order chi connectivity index (χ0) is 20.8. The first kappa shape index (κ1) is 21.1. The number of amides is 1. The number of carbonyl (C=O) groups is 1. The summed E-state index contributed by atoms with van der Waals surface area (Å²) in [6, 6.07) is 19.1. The van der Waals surface area contributed by atoms with Crippen molar-refractivity contribution in [3.8, 4) is 5.75 Å². The van der Waals surface area contributed by atoms with Crippen LogP contribution in [-0.4, -0.2) is 12.1 Å². The molecule has 4 nitrogen and oxygen atoms in total. The Hall–Kier alpha value is -2.63.